The predicted octanol–water partition coefficient (Wildman–Crippen LogP) is 5.08. The van der Waals surface area contributed by atoms with Crippen molar-refractivity contribution in [3.8, 4) is 0 Å². The Bertz CT molecular complexity index is 687. The molecule has 2 N–H and O–H groups in total. The lowest BCUT2D eigenvalue weighted by molar-refractivity contribution is -0.137. The topological polar surface area (TPSA) is 57.5 Å². The van der Waals surface area contributed by atoms with Gasteiger partial charge in [-0.2, -0.15) is 0 Å². The number of aliphatic carboxylic acids is 1. The van der Waals surface area contributed by atoms with E-state index in [2.05, 4.69) is 0 Å². The normalized spacial score (nSPS) is 26.0. The Morgan fingerprint density at radius 3 is 2.67 bits per heavy atom. The molecule has 0 aliphatic carbocycles. The van der Waals surface area contributed by atoms with Crippen molar-refractivity contribution in [2.75, 3.05) is 0 Å². The number of carboxylic acids is 1. The lowest BCUT2D eigenvalue weighted by Crippen LogP contribution is -2.04. The summed E-state index contributed by atoms with van der Waals surface area (Å²) in [6, 6.07) is 0. The van der Waals surface area contributed by atoms with Crippen LogP contribution in [-0.4, -0.2) is 22.3 Å². The van der Waals surface area contributed by atoms with Crippen LogP contribution < -0.4 is 0 Å². The maximum atomic E-state index is 10.4. The monoisotopic (exact) mass is 311 g/mol. The van der Waals surface area contributed by atoms with E-state index < -0.39 is 57.2 Å². The van der Waals surface area contributed by atoms with Gasteiger partial charge in [-0.25, -0.2) is 0 Å². The van der Waals surface area contributed by atoms with E-state index in [1.165, 1.54) is 6.08 Å². The van der Waals surface area contributed by atoms with Gasteiger partial charge in [-0.1, -0.05) is 63.8 Å². The lowest BCUT2D eigenvalue weighted by Gasteiger charge is -2.07. The van der Waals surface area contributed by atoms with E-state index >= 15 is 0 Å². The standard InChI is InChI=1S/C18H34O3/c1-2-3-4-11-14-17(19)15-12-9-7-5-6-8-10-13-16-18(20)21/h9,12,17,19H,2-8,10-11,13-16H2,1H3,(H,20,21)/i1D3,2D2,3D2,4D2,11D2,14D2. The first-order valence-electron chi connectivity index (χ1n) is 13.6. The molecule has 0 saturated heterocycles. The number of aliphatic hydroxyl groups is 1. The van der Waals surface area contributed by atoms with Crippen molar-refractivity contribution in [1.82, 2.24) is 0 Å². The highest BCUT2D eigenvalue weighted by Crippen LogP contribution is 2.10. The van der Waals surface area contributed by atoms with Crippen molar-refractivity contribution in [1.29, 1.82) is 0 Å². The Labute approximate surface area is 148 Å². The zero-order valence-corrected chi connectivity index (χ0v) is 12.2. The van der Waals surface area contributed by atoms with Gasteiger partial charge in [0.05, 0.1) is 6.10 Å². The fourth-order valence-corrected chi connectivity index (χ4v) is 1.65. The largest absolute Gasteiger partial charge is 0.481 e. The molecule has 0 spiro atoms. The van der Waals surface area contributed by atoms with Gasteiger partial charge in [-0.05, 0) is 32.1 Å². The molecule has 0 bridgehead atoms. The van der Waals surface area contributed by atoms with Gasteiger partial charge in [0.1, 0.15) is 0 Å². The Morgan fingerprint density at radius 1 is 1.14 bits per heavy atom. The molecule has 124 valence electrons. The fourth-order valence-electron chi connectivity index (χ4n) is 1.65. The van der Waals surface area contributed by atoms with Crippen molar-refractivity contribution >= 4 is 5.97 Å². The van der Waals surface area contributed by atoms with Crippen LogP contribution in [0.2, 0.25) is 0 Å². The van der Waals surface area contributed by atoms with Gasteiger partial charge in [0, 0.05) is 24.2 Å². The van der Waals surface area contributed by atoms with Gasteiger partial charge in [-0.15, -0.1) is 0 Å². The molecule has 0 aromatic carbocycles. The Balaban J connectivity index is 5.15. The molecule has 21 heavy (non-hydrogen) atoms. The third kappa shape index (κ3) is 17.1. The molecule has 0 heterocycles. The van der Waals surface area contributed by atoms with Gasteiger partial charge >= 0.3 is 5.97 Å². The first-order valence-corrected chi connectivity index (χ1v) is 7.14. The summed E-state index contributed by atoms with van der Waals surface area (Å²) in [6.45, 7) is -3.66. The second-order valence-corrected chi connectivity index (χ2v) is 4.57. The van der Waals surface area contributed by atoms with Crippen LogP contribution >= 0.6 is 0 Å². The van der Waals surface area contributed by atoms with Gasteiger partial charge in [0.25, 0.3) is 0 Å². The molecule has 0 aromatic heterocycles. The van der Waals surface area contributed by atoms with Gasteiger partial charge < -0.3 is 10.2 Å². The molecule has 1 atom stereocenters. The number of carbonyl (C=O) groups is 1. The van der Waals surface area contributed by atoms with E-state index in [1.807, 2.05) is 0 Å². The molecular formula is C18H34O3. The van der Waals surface area contributed by atoms with Gasteiger partial charge in [-0.3, -0.25) is 4.79 Å². The summed E-state index contributed by atoms with van der Waals surface area (Å²) >= 11 is 0. The van der Waals surface area contributed by atoms with Gasteiger partial charge in [0.2, 0.25) is 0 Å². The zero-order chi connectivity index (χ0) is 27.2. The Morgan fingerprint density at radius 2 is 1.90 bits per heavy atom. The number of rotatable bonds is 15. The van der Waals surface area contributed by atoms with Crippen molar-refractivity contribution < 1.29 is 32.8 Å². The summed E-state index contributed by atoms with van der Waals surface area (Å²) in [6.07, 6.45) is -14.1. The average Bonchev–Trinajstić information content (AvgIpc) is 2.67. The minimum absolute atomic E-state index is 0.119. The first kappa shape index (κ1) is 7.16. The van der Waals surface area contributed by atoms with Crippen LogP contribution in [0.3, 0.4) is 0 Å². The van der Waals surface area contributed by atoms with E-state index in [-0.39, 0.29) is 6.42 Å². The van der Waals surface area contributed by atoms with Crippen molar-refractivity contribution in [3.63, 3.8) is 0 Å². The molecule has 0 aromatic rings. The van der Waals surface area contributed by atoms with E-state index in [1.54, 1.807) is 6.08 Å². The second kappa shape index (κ2) is 15.6. The molecule has 3 nitrogen and oxygen atoms in total. The smallest absolute Gasteiger partial charge is 0.303 e. The Kier molecular flexibility index (Phi) is 5.31. The van der Waals surface area contributed by atoms with E-state index in [0.29, 0.717) is 12.8 Å². The van der Waals surface area contributed by atoms with Crippen LogP contribution in [0.1, 0.15) is 108 Å². The molecule has 0 saturated carbocycles. The summed E-state index contributed by atoms with van der Waals surface area (Å²) in [5, 5.41) is 18.8. The third-order valence-electron chi connectivity index (χ3n) is 2.71. The molecule has 0 rings (SSSR count). The highest BCUT2D eigenvalue weighted by Gasteiger charge is 2.00. The zero-order valence-electron chi connectivity index (χ0n) is 25.2. The van der Waals surface area contributed by atoms with Crippen LogP contribution in [0, 0.1) is 0 Å². The summed E-state index contributed by atoms with van der Waals surface area (Å²) < 4.78 is 99.9. The van der Waals surface area contributed by atoms with E-state index in [9.17, 15) is 9.90 Å². The highest BCUT2D eigenvalue weighted by molar-refractivity contribution is 5.66. The van der Waals surface area contributed by atoms with Crippen LogP contribution in [0.4, 0.5) is 0 Å². The van der Waals surface area contributed by atoms with E-state index in [0.717, 1.165) is 25.7 Å². The van der Waals surface area contributed by atoms with Crippen molar-refractivity contribution in [3.05, 3.63) is 12.2 Å². The predicted molar refractivity (Wildman–Crippen MR) is 88.5 cm³/mol. The molecule has 0 amide bonds. The van der Waals surface area contributed by atoms with Crippen LogP contribution in [0.25, 0.3) is 0 Å². The maximum absolute atomic E-state index is 10.4. The number of aliphatic hydroxyl groups excluding tert-OH is 1. The molecule has 0 fully saturated rings. The van der Waals surface area contributed by atoms with Gasteiger partial charge in [0.15, 0.2) is 0 Å². The summed E-state index contributed by atoms with van der Waals surface area (Å²) in [5.41, 5.74) is 0. The average molecular weight is 312 g/mol. The van der Waals surface area contributed by atoms with E-state index in [4.69, 9.17) is 22.9 Å². The number of allylic oxidation sites excluding steroid dienone is 1. The molecular weight excluding hydrogens is 264 g/mol. The lowest BCUT2D eigenvalue weighted by atomic mass is 10.1. The summed E-state index contributed by atoms with van der Waals surface area (Å²) in [5.74, 6) is -0.842. The van der Waals surface area contributed by atoms with Crippen LogP contribution in [0.5, 0.6) is 0 Å². The third-order valence-corrected chi connectivity index (χ3v) is 2.71. The Hall–Kier alpha value is -0.830. The second-order valence-electron chi connectivity index (χ2n) is 4.57. The number of carboxylic acid groups (broad SMARTS) is 1. The molecule has 0 radical (unpaired) electrons. The molecule has 0 aliphatic rings. The number of hydrogen-bond donors (Lipinski definition) is 2. The number of hydrogen-bond acceptors (Lipinski definition) is 2. The first-order chi connectivity index (χ1) is 15.1. The summed E-state index contributed by atoms with van der Waals surface area (Å²) in [7, 11) is 0. The van der Waals surface area contributed by atoms with Crippen LogP contribution in [0.15, 0.2) is 12.2 Å². The minimum Gasteiger partial charge on any atom is -0.481 e. The highest BCUT2D eigenvalue weighted by atomic mass is 16.4. The quantitative estimate of drug-likeness (QED) is 0.327. The fraction of sp³-hybridized carbons (Fsp3) is 0.833. The minimum atomic E-state index is -3.98. The molecule has 3 heteroatoms. The molecule has 0 aliphatic heterocycles. The molecule has 1 unspecified atom stereocenters. The summed E-state index contributed by atoms with van der Waals surface area (Å²) in [4.78, 5) is 10.4. The van der Waals surface area contributed by atoms with Crippen molar-refractivity contribution in [2.45, 2.75) is 96.2 Å². The number of unbranched alkanes of at least 4 members (excludes halogenated alkanes) is 5. The van der Waals surface area contributed by atoms with Crippen LogP contribution in [-0.2, 0) is 4.79 Å². The van der Waals surface area contributed by atoms with Crippen molar-refractivity contribution in [2.24, 2.45) is 0 Å². The SMILES string of the molecule is [2H]C([2H])([2H])C([2H])([2H])C([2H])([2H])C([2H])([2H])C([2H])([2H])C([2H])([2H])C(O)CC=CCCCCCCCC(=O)O. The maximum Gasteiger partial charge on any atom is 0.303 e.